The fourth-order valence-electron chi connectivity index (χ4n) is 2.69. The predicted molar refractivity (Wildman–Crippen MR) is 107 cm³/mol. The summed E-state index contributed by atoms with van der Waals surface area (Å²) in [5, 5.41) is 3.78. The van der Waals surface area contributed by atoms with Crippen LogP contribution >= 0.6 is 11.8 Å². The van der Waals surface area contributed by atoms with Gasteiger partial charge in [-0.2, -0.15) is 0 Å². The van der Waals surface area contributed by atoms with Crippen molar-refractivity contribution in [1.29, 1.82) is 0 Å². The summed E-state index contributed by atoms with van der Waals surface area (Å²) in [7, 11) is 0. The van der Waals surface area contributed by atoms with Gasteiger partial charge in [0.15, 0.2) is 5.16 Å². The van der Waals surface area contributed by atoms with Crippen LogP contribution in [0.4, 0.5) is 5.69 Å². The van der Waals surface area contributed by atoms with E-state index >= 15 is 0 Å². The molecule has 3 aromatic rings. The molecule has 5 nitrogen and oxygen atoms in total. The van der Waals surface area contributed by atoms with Crippen LogP contribution in [0, 0.1) is 0 Å². The Morgan fingerprint density at radius 2 is 1.92 bits per heavy atom. The highest BCUT2D eigenvalue weighted by molar-refractivity contribution is 7.99. The number of para-hydroxylation sites is 2. The third kappa shape index (κ3) is 4.38. The van der Waals surface area contributed by atoms with E-state index in [0.29, 0.717) is 5.75 Å². The van der Waals surface area contributed by atoms with Gasteiger partial charge >= 0.3 is 0 Å². The highest BCUT2D eigenvalue weighted by atomic mass is 32.2. The van der Waals surface area contributed by atoms with Crippen molar-refractivity contribution in [2.24, 2.45) is 0 Å². The number of nitrogens with one attached hydrogen (secondary N) is 1. The number of fused-ring (bicyclic) bond motifs is 1. The largest absolute Gasteiger partial charge is 0.491 e. The Labute approximate surface area is 157 Å². The van der Waals surface area contributed by atoms with E-state index in [9.17, 15) is 4.79 Å². The van der Waals surface area contributed by atoms with Gasteiger partial charge in [-0.3, -0.25) is 4.79 Å². The Balaban J connectivity index is 1.61. The number of carbonyl (C=O) groups excluding carboxylic acids is 1. The average Bonchev–Trinajstić information content (AvgIpc) is 2.98. The van der Waals surface area contributed by atoms with Crippen LogP contribution in [0.25, 0.3) is 11.0 Å². The number of ether oxygens (including phenoxy) is 1. The number of imidazole rings is 1. The fourth-order valence-corrected chi connectivity index (χ4v) is 3.56. The Kier molecular flexibility index (Phi) is 5.83. The Morgan fingerprint density at radius 3 is 2.62 bits per heavy atom. The SMILES string of the molecule is CCn1c(SCC(=O)Nc2ccc(OC(C)C)cc2)nc2ccccc21. The number of nitrogens with zero attached hydrogens (tertiary/aromatic N) is 2. The van der Waals surface area contributed by atoms with Crippen LogP contribution in [0.15, 0.2) is 53.7 Å². The van der Waals surface area contributed by atoms with Crippen molar-refractivity contribution in [3.05, 3.63) is 48.5 Å². The standard InChI is InChI=1S/C20H23N3O2S/c1-4-23-18-8-6-5-7-17(18)22-20(23)26-13-19(24)21-15-9-11-16(12-10-15)25-14(2)3/h5-12,14H,4,13H2,1-3H3,(H,21,24). The smallest absolute Gasteiger partial charge is 0.234 e. The molecule has 0 atom stereocenters. The molecule has 0 unspecified atom stereocenters. The number of aromatic nitrogens is 2. The maximum absolute atomic E-state index is 12.3. The van der Waals surface area contributed by atoms with Gasteiger partial charge in [-0.25, -0.2) is 4.98 Å². The summed E-state index contributed by atoms with van der Waals surface area (Å²) < 4.78 is 7.74. The molecule has 1 heterocycles. The molecule has 0 saturated heterocycles. The molecular weight excluding hydrogens is 346 g/mol. The molecule has 1 aromatic heterocycles. The van der Waals surface area contributed by atoms with Gasteiger partial charge in [0.1, 0.15) is 5.75 Å². The molecule has 0 radical (unpaired) electrons. The minimum Gasteiger partial charge on any atom is -0.491 e. The van der Waals surface area contributed by atoms with E-state index in [4.69, 9.17) is 4.74 Å². The summed E-state index contributed by atoms with van der Waals surface area (Å²) in [5.41, 5.74) is 2.81. The Hall–Kier alpha value is -2.47. The van der Waals surface area contributed by atoms with Crippen LogP contribution < -0.4 is 10.1 Å². The molecule has 0 aliphatic carbocycles. The molecule has 0 spiro atoms. The molecule has 0 aliphatic heterocycles. The second kappa shape index (κ2) is 8.27. The number of hydrogen-bond donors (Lipinski definition) is 1. The average molecular weight is 369 g/mol. The molecule has 1 amide bonds. The summed E-state index contributed by atoms with van der Waals surface area (Å²) in [5.74, 6) is 1.05. The van der Waals surface area contributed by atoms with Crippen LogP contribution in [0.5, 0.6) is 5.75 Å². The second-order valence-electron chi connectivity index (χ2n) is 6.16. The first-order chi connectivity index (χ1) is 12.6. The maximum atomic E-state index is 12.3. The number of hydrogen-bond acceptors (Lipinski definition) is 4. The molecular formula is C20H23N3O2S. The topological polar surface area (TPSA) is 56.2 Å². The summed E-state index contributed by atoms with van der Waals surface area (Å²) >= 11 is 1.45. The van der Waals surface area contributed by atoms with Gasteiger partial charge in [-0.1, -0.05) is 23.9 Å². The van der Waals surface area contributed by atoms with E-state index < -0.39 is 0 Å². The van der Waals surface area contributed by atoms with Crippen LogP contribution in [-0.2, 0) is 11.3 Å². The van der Waals surface area contributed by atoms with Crippen molar-refractivity contribution in [3.8, 4) is 5.75 Å². The predicted octanol–water partition coefficient (Wildman–Crippen LogP) is 4.57. The van der Waals surface area contributed by atoms with Crippen LogP contribution in [0.1, 0.15) is 20.8 Å². The van der Waals surface area contributed by atoms with E-state index in [1.54, 1.807) is 0 Å². The number of rotatable bonds is 7. The zero-order valence-corrected chi connectivity index (χ0v) is 16.0. The molecule has 0 fully saturated rings. The minimum atomic E-state index is -0.0535. The third-order valence-electron chi connectivity index (χ3n) is 3.78. The zero-order valence-electron chi connectivity index (χ0n) is 15.2. The monoisotopic (exact) mass is 369 g/mol. The highest BCUT2D eigenvalue weighted by Gasteiger charge is 2.12. The first-order valence-corrected chi connectivity index (χ1v) is 9.70. The van der Waals surface area contributed by atoms with Crippen molar-refractivity contribution in [2.75, 3.05) is 11.1 Å². The molecule has 0 saturated carbocycles. The highest BCUT2D eigenvalue weighted by Crippen LogP contribution is 2.24. The maximum Gasteiger partial charge on any atom is 0.234 e. The number of aryl methyl sites for hydroxylation is 1. The van der Waals surface area contributed by atoms with E-state index in [-0.39, 0.29) is 12.0 Å². The van der Waals surface area contributed by atoms with Gasteiger partial charge in [-0.05, 0) is 57.2 Å². The number of carbonyl (C=O) groups is 1. The number of benzene rings is 2. The molecule has 26 heavy (non-hydrogen) atoms. The molecule has 0 bridgehead atoms. The van der Waals surface area contributed by atoms with Gasteiger partial charge in [0, 0.05) is 12.2 Å². The first kappa shape index (κ1) is 18.3. The fraction of sp³-hybridized carbons (Fsp3) is 0.300. The zero-order chi connectivity index (χ0) is 18.5. The van der Waals surface area contributed by atoms with Crippen molar-refractivity contribution < 1.29 is 9.53 Å². The van der Waals surface area contributed by atoms with E-state index in [2.05, 4.69) is 27.9 Å². The van der Waals surface area contributed by atoms with Crippen molar-refractivity contribution in [1.82, 2.24) is 9.55 Å². The lowest BCUT2D eigenvalue weighted by Crippen LogP contribution is -2.14. The quantitative estimate of drug-likeness (QED) is 0.620. The molecule has 3 rings (SSSR count). The lowest BCUT2D eigenvalue weighted by molar-refractivity contribution is -0.113. The molecule has 2 aromatic carbocycles. The summed E-state index contributed by atoms with van der Waals surface area (Å²) in [6.07, 6.45) is 0.129. The first-order valence-electron chi connectivity index (χ1n) is 8.71. The van der Waals surface area contributed by atoms with Crippen molar-refractivity contribution >= 4 is 34.4 Å². The van der Waals surface area contributed by atoms with Gasteiger partial charge < -0.3 is 14.6 Å². The summed E-state index contributed by atoms with van der Waals surface area (Å²) in [6.45, 7) is 6.87. The van der Waals surface area contributed by atoms with Crippen molar-refractivity contribution in [2.45, 2.75) is 38.6 Å². The van der Waals surface area contributed by atoms with Crippen LogP contribution in [0.3, 0.4) is 0 Å². The van der Waals surface area contributed by atoms with Gasteiger partial charge in [0.05, 0.1) is 22.9 Å². The van der Waals surface area contributed by atoms with Crippen molar-refractivity contribution in [3.63, 3.8) is 0 Å². The minimum absolute atomic E-state index is 0.0535. The second-order valence-corrected chi connectivity index (χ2v) is 7.10. The van der Waals surface area contributed by atoms with Gasteiger partial charge in [-0.15, -0.1) is 0 Å². The number of thioether (sulfide) groups is 1. The van der Waals surface area contributed by atoms with Crippen LogP contribution in [-0.4, -0.2) is 27.3 Å². The van der Waals surface area contributed by atoms with Crippen LogP contribution in [0.2, 0.25) is 0 Å². The summed E-state index contributed by atoms with van der Waals surface area (Å²) in [4.78, 5) is 16.9. The lowest BCUT2D eigenvalue weighted by atomic mass is 10.3. The lowest BCUT2D eigenvalue weighted by Gasteiger charge is -2.10. The number of anilines is 1. The third-order valence-corrected chi connectivity index (χ3v) is 4.75. The Morgan fingerprint density at radius 1 is 1.19 bits per heavy atom. The molecule has 136 valence electrons. The summed E-state index contributed by atoms with van der Waals surface area (Å²) in [6, 6.07) is 15.4. The van der Waals surface area contributed by atoms with Gasteiger partial charge in [0.25, 0.3) is 0 Å². The van der Waals surface area contributed by atoms with E-state index in [1.807, 2.05) is 56.3 Å². The molecule has 6 heteroatoms. The Bertz CT molecular complexity index is 888. The van der Waals surface area contributed by atoms with E-state index in [1.165, 1.54) is 11.8 Å². The molecule has 1 N–H and O–H groups in total. The van der Waals surface area contributed by atoms with Gasteiger partial charge in [0.2, 0.25) is 5.91 Å². The molecule has 0 aliphatic rings. The normalized spacial score (nSPS) is 11.1. The van der Waals surface area contributed by atoms with E-state index in [0.717, 1.165) is 34.2 Å². The number of amides is 1.